The molecule has 0 saturated heterocycles. The minimum absolute atomic E-state index is 0.454. The van der Waals surface area contributed by atoms with Gasteiger partial charge in [0.1, 0.15) is 11.9 Å². The van der Waals surface area contributed by atoms with Gasteiger partial charge in [-0.15, -0.1) is 0 Å². The van der Waals surface area contributed by atoms with Crippen LogP contribution in [0.25, 0.3) is 0 Å². The molecule has 0 aliphatic heterocycles. The highest BCUT2D eigenvalue weighted by molar-refractivity contribution is 7.92. The molecule has 0 aliphatic rings. The summed E-state index contributed by atoms with van der Waals surface area (Å²) in [6.45, 7) is 0.743. The first-order valence-electron chi connectivity index (χ1n) is 5.88. The zero-order valence-corrected chi connectivity index (χ0v) is 12.4. The Morgan fingerprint density at radius 3 is 2.00 bits per heavy atom. The van der Waals surface area contributed by atoms with E-state index in [9.17, 15) is 30.8 Å². The van der Waals surface area contributed by atoms with E-state index in [-0.39, 0.29) is 0 Å². The van der Waals surface area contributed by atoms with Crippen molar-refractivity contribution in [3.05, 3.63) is 35.6 Å². The molecule has 0 heterocycles. The Balaban J connectivity index is 3.36. The normalized spacial score (nSPS) is 16.8. The summed E-state index contributed by atoms with van der Waals surface area (Å²) in [5.74, 6) is -2.24. The molecule has 1 rings (SSSR count). The first kappa shape index (κ1) is 18.4. The van der Waals surface area contributed by atoms with Crippen molar-refractivity contribution < 1.29 is 30.8 Å². The zero-order chi connectivity index (χ0) is 17.3. The molecule has 1 aromatic rings. The van der Waals surface area contributed by atoms with Crippen LogP contribution in [-0.4, -0.2) is 31.6 Å². The Hall–Kier alpha value is -1.68. The lowest BCUT2D eigenvalue weighted by Crippen LogP contribution is -2.60. The van der Waals surface area contributed by atoms with Crippen molar-refractivity contribution in [3.63, 3.8) is 0 Å². The standard InChI is InChI=1S/C12H14F4N2O3S/c1-11(10(17)19,22(2,20)21)18-9(12(14,15)16)7-3-5-8(13)6-4-7/h3-6,9,18H,1-2H3,(H2,17,19)/t9-,11+/m0/s1. The highest BCUT2D eigenvalue weighted by Gasteiger charge is 2.50. The van der Waals surface area contributed by atoms with Crippen LogP contribution in [0.5, 0.6) is 0 Å². The van der Waals surface area contributed by atoms with Crippen molar-refractivity contribution >= 4 is 15.7 Å². The number of nitrogens with one attached hydrogen (secondary N) is 1. The smallest absolute Gasteiger partial charge is 0.367 e. The van der Waals surface area contributed by atoms with Gasteiger partial charge in [0.05, 0.1) is 0 Å². The highest BCUT2D eigenvalue weighted by Crippen LogP contribution is 2.35. The second kappa shape index (κ2) is 5.84. The van der Waals surface area contributed by atoms with Crippen LogP contribution in [0.3, 0.4) is 0 Å². The number of hydrogen-bond donors (Lipinski definition) is 2. The Morgan fingerprint density at radius 2 is 1.68 bits per heavy atom. The Morgan fingerprint density at radius 1 is 1.23 bits per heavy atom. The quantitative estimate of drug-likeness (QED) is 0.789. The van der Waals surface area contributed by atoms with Crippen LogP contribution in [0.2, 0.25) is 0 Å². The van der Waals surface area contributed by atoms with Crippen molar-refractivity contribution in [2.75, 3.05) is 6.26 Å². The average Bonchev–Trinajstić information content (AvgIpc) is 2.34. The maximum absolute atomic E-state index is 13.2. The van der Waals surface area contributed by atoms with Gasteiger partial charge in [0.25, 0.3) is 5.91 Å². The van der Waals surface area contributed by atoms with Gasteiger partial charge >= 0.3 is 6.18 Å². The Kier molecular flexibility index (Phi) is 4.88. The van der Waals surface area contributed by atoms with Gasteiger partial charge in [-0.3, -0.25) is 10.1 Å². The predicted molar refractivity (Wildman–Crippen MR) is 70.8 cm³/mol. The van der Waals surface area contributed by atoms with E-state index in [0.29, 0.717) is 6.26 Å². The molecule has 0 unspecified atom stereocenters. The van der Waals surface area contributed by atoms with Gasteiger partial charge in [0.15, 0.2) is 14.7 Å². The lowest BCUT2D eigenvalue weighted by atomic mass is 10.1. The molecule has 0 bridgehead atoms. The molecule has 0 spiro atoms. The molecule has 10 heteroatoms. The average molecular weight is 342 g/mol. The van der Waals surface area contributed by atoms with Crippen molar-refractivity contribution in [1.29, 1.82) is 0 Å². The van der Waals surface area contributed by atoms with Gasteiger partial charge in [-0.25, -0.2) is 12.8 Å². The minimum atomic E-state index is -4.93. The molecular formula is C12H14F4N2O3S. The fraction of sp³-hybridized carbons (Fsp3) is 0.417. The fourth-order valence-electron chi connectivity index (χ4n) is 1.65. The monoisotopic (exact) mass is 342 g/mol. The largest absolute Gasteiger partial charge is 0.407 e. The van der Waals surface area contributed by atoms with E-state index in [2.05, 4.69) is 0 Å². The van der Waals surface area contributed by atoms with Crippen molar-refractivity contribution in [2.45, 2.75) is 24.0 Å². The summed E-state index contributed by atoms with van der Waals surface area (Å²) in [7, 11) is -4.29. The summed E-state index contributed by atoms with van der Waals surface area (Å²) >= 11 is 0. The highest BCUT2D eigenvalue weighted by atomic mass is 32.2. The summed E-state index contributed by atoms with van der Waals surface area (Å²) in [6.07, 6.45) is -4.35. The van der Waals surface area contributed by atoms with Crippen molar-refractivity contribution in [2.24, 2.45) is 5.73 Å². The number of rotatable bonds is 5. The third-order valence-electron chi connectivity index (χ3n) is 3.16. The van der Waals surface area contributed by atoms with Crippen LogP contribution in [-0.2, 0) is 14.6 Å². The molecule has 124 valence electrons. The maximum atomic E-state index is 13.2. The van der Waals surface area contributed by atoms with E-state index in [1.54, 1.807) is 5.32 Å². The lowest BCUT2D eigenvalue weighted by Gasteiger charge is -2.32. The maximum Gasteiger partial charge on any atom is 0.407 e. The van der Waals surface area contributed by atoms with Crippen LogP contribution in [0.15, 0.2) is 24.3 Å². The number of carbonyl (C=O) groups excluding carboxylic acids is 1. The molecule has 1 amide bonds. The van der Waals surface area contributed by atoms with Gasteiger partial charge in [-0.1, -0.05) is 12.1 Å². The summed E-state index contributed by atoms with van der Waals surface area (Å²) < 4.78 is 75.7. The van der Waals surface area contributed by atoms with E-state index in [1.165, 1.54) is 0 Å². The molecule has 1 aromatic carbocycles. The van der Waals surface area contributed by atoms with E-state index >= 15 is 0 Å². The number of primary amides is 1. The van der Waals surface area contributed by atoms with Crippen molar-refractivity contribution in [3.8, 4) is 0 Å². The van der Waals surface area contributed by atoms with Gasteiger partial charge in [-0.05, 0) is 24.6 Å². The molecule has 0 fully saturated rings. The summed E-state index contributed by atoms with van der Waals surface area (Å²) in [4.78, 5) is 8.73. The van der Waals surface area contributed by atoms with Gasteiger partial charge in [0.2, 0.25) is 0 Å². The second-order valence-corrected chi connectivity index (χ2v) is 7.20. The van der Waals surface area contributed by atoms with Crippen LogP contribution in [0, 0.1) is 5.82 Å². The van der Waals surface area contributed by atoms with Crippen LogP contribution in [0.4, 0.5) is 17.6 Å². The molecule has 0 aliphatic carbocycles. The predicted octanol–water partition coefficient (Wildman–Crippen LogP) is 1.26. The van der Waals surface area contributed by atoms with Crippen LogP contribution < -0.4 is 11.1 Å². The second-order valence-electron chi connectivity index (χ2n) is 4.84. The number of sulfone groups is 1. The molecule has 0 saturated carbocycles. The van der Waals surface area contributed by atoms with Crippen LogP contribution in [0.1, 0.15) is 18.5 Å². The van der Waals surface area contributed by atoms with E-state index in [4.69, 9.17) is 5.73 Å². The number of carbonyl (C=O) groups is 1. The van der Waals surface area contributed by atoms with E-state index < -0.39 is 44.2 Å². The van der Waals surface area contributed by atoms with Gasteiger partial charge in [0, 0.05) is 6.26 Å². The number of alkyl halides is 3. The summed E-state index contributed by atoms with van der Waals surface area (Å²) in [5.41, 5.74) is 4.49. The molecular weight excluding hydrogens is 328 g/mol. The number of benzene rings is 1. The topological polar surface area (TPSA) is 89.3 Å². The first-order valence-corrected chi connectivity index (χ1v) is 7.77. The third-order valence-corrected chi connectivity index (χ3v) is 4.96. The fourth-order valence-corrected chi connectivity index (χ4v) is 2.34. The minimum Gasteiger partial charge on any atom is -0.367 e. The summed E-state index contributed by atoms with van der Waals surface area (Å²) in [6, 6.07) is 0.740. The lowest BCUT2D eigenvalue weighted by molar-refractivity contribution is -0.161. The van der Waals surface area contributed by atoms with E-state index in [0.717, 1.165) is 31.2 Å². The first-order chi connectivity index (χ1) is 9.79. The SMILES string of the molecule is C[C@](N[C@@H](c1ccc(F)cc1)C(F)(F)F)(C(N)=O)S(C)(=O)=O. The number of amides is 1. The Labute approximate surface area is 124 Å². The summed E-state index contributed by atoms with van der Waals surface area (Å²) in [5, 5.41) is 1.74. The van der Waals surface area contributed by atoms with Gasteiger partial charge in [-0.2, -0.15) is 13.2 Å². The number of hydrogen-bond acceptors (Lipinski definition) is 4. The third kappa shape index (κ3) is 3.74. The Bertz CT molecular complexity index is 658. The van der Waals surface area contributed by atoms with Crippen LogP contribution >= 0.6 is 0 Å². The molecule has 5 nitrogen and oxygen atoms in total. The molecule has 0 radical (unpaired) electrons. The molecule has 0 aromatic heterocycles. The molecule has 2 atom stereocenters. The number of nitrogens with two attached hydrogens (primary N) is 1. The van der Waals surface area contributed by atoms with Crippen molar-refractivity contribution in [1.82, 2.24) is 5.32 Å². The number of halogens is 4. The molecule has 22 heavy (non-hydrogen) atoms. The van der Waals surface area contributed by atoms with Gasteiger partial charge < -0.3 is 5.73 Å². The van der Waals surface area contributed by atoms with E-state index in [1.807, 2.05) is 0 Å². The zero-order valence-electron chi connectivity index (χ0n) is 11.6. The molecule has 3 N–H and O–H groups in total.